The van der Waals surface area contributed by atoms with Crippen molar-refractivity contribution in [3.63, 3.8) is 0 Å². The third-order valence-corrected chi connectivity index (χ3v) is 2.98. The third-order valence-electron chi connectivity index (χ3n) is 2.98. The fraction of sp³-hybridized carbons (Fsp3) is 0.545. The molecule has 0 unspecified atom stereocenters. The molecular formula is C11H12F3N3O. The molecule has 1 aromatic heterocycles. The molecule has 0 aromatic carbocycles. The van der Waals surface area contributed by atoms with Crippen LogP contribution in [0.15, 0.2) is 12.3 Å². The number of carbonyl (C=O) groups is 1. The Bertz CT molecular complexity index is 461. The molecule has 0 saturated carbocycles. The van der Waals surface area contributed by atoms with Gasteiger partial charge in [-0.15, -0.1) is 0 Å². The van der Waals surface area contributed by atoms with E-state index in [1.807, 2.05) is 0 Å². The summed E-state index contributed by atoms with van der Waals surface area (Å²) in [5.74, 6) is -0.0545. The summed E-state index contributed by atoms with van der Waals surface area (Å²) in [5.41, 5.74) is -0.959. The van der Waals surface area contributed by atoms with Crippen molar-refractivity contribution in [3.05, 3.63) is 18.0 Å². The van der Waals surface area contributed by atoms with Crippen LogP contribution in [0, 0.1) is 5.92 Å². The van der Waals surface area contributed by atoms with Crippen molar-refractivity contribution in [3.8, 4) is 0 Å². The Labute approximate surface area is 102 Å². The minimum atomic E-state index is -4.47. The van der Waals surface area contributed by atoms with Crippen molar-refractivity contribution in [1.29, 1.82) is 0 Å². The number of nitrogens with zero attached hydrogens (tertiary/aromatic N) is 3. The molecule has 18 heavy (non-hydrogen) atoms. The lowest BCUT2D eigenvalue weighted by Gasteiger charge is -2.16. The number of alkyl halides is 3. The summed E-state index contributed by atoms with van der Waals surface area (Å²) in [6.07, 6.45) is -2.75. The average molecular weight is 259 g/mol. The number of hydrogen-bond donors (Lipinski definition) is 0. The van der Waals surface area contributed by atoms with E-state index in [1.165, 1.54) is 6.92 Å². The van der Waals surface area contributed by atoms with Gasteiger partial charge in [0.1, 0.15) is 11.5 Å². The highest BCUT2D eigenvalue weighted by Gasteiger charge is 2.34. The second-order valence-corrected chi connectivity index (χ2v) is 4.28. The summed E-state index contributed by atoms with van der Waals surface area (Å²) in [6, 6.07) is 0.835. The molecule has 1 saturated heterocycles. The van der Waals surface area contributed by atoms with Crippen molar-refractivity contribution in [1.82, 2.24) is 9.97 Å². The van der Waals surface area contributed by atoms with Crippen LogP contribution in [-0.2, 0) is 11.0 Å². The van der Waals surface area contributed by atoms with Gasteiger partial charge < -0.3 is 4.90 Å². The summed E-state index contributed by atoms with van der Waals surface area (Å²) in [7, 11) is 0. The maximum atomic E-state index is 12.5. The second kappa shape index (κ2) is 4.55. The summed E-state index contributed by atoms with van der Waals surface area (Å²) in [4.78, 5) is 20.1. The predicted octanol–water partition coefficient (Wildman–Crippen LogP) is 1.91. The lowest BCUT2D eigenvalue weighted by molar-refractivity contribution is -0.141. The molecular weight excluding hydrogens is 247 g/mol. The molecule has 1 aliphatic rings. The number of aromatic nitrogens is 2. The number of carbonyl (C=O) groups excluding carboxylic acids is 1. The highest BCUT2D eigenvalue weighted by molar-refractivity contribution is 5.79. The standard InChI is InChI=1S/C11H12F3N3O/c1-7(18)8-3-5-17(6-8)10-15-4-2-9(16-10)11(12,13)14/h2,4,8H,3,5-6H2,1H3/t8-/m1/s1. The minimum Gasteiger partial charge on any atom is -0.340 e. The molecule has 0 spiro atoms. The lowest BCUT2D eigenvalue weighted by atomic mass is 10.1. The molecule has 1 aliphatic heterocycles. The number of Topliss-reactive ketones (excluding diaryl/α,β-unsaturated/α-hetero) is 1. The van der Waals surface area contributed by atoms with E-state index in [4.69, 9.17) is 0 Å². The largest absolute Gasteiger partial charge is 0.433 e. The number of ketones is 1. The van der Waals surface area contributed by atoms with Gasteiger partial charge in [0.15, 0.2) is 0 Å². The van der Waals surface area contributed by atoms with Gasteiger partial charge in [0, 0.05) is 25.2 Å². The molecule has 0 amide bonds. The number of rotatable bonds is 2. The second-order valence-electron chi connectivity index (χ2n) is 4.28. The van der Waals surface area contributed by atoms with Crippen molar-refractivity contribution < 1.29 is 18.0 Å². The zero-order valence-corrected chi connectivity index (χ0v) is 9.74. The van der Waals surface area contributed by atoms with Crippen molar-refractivity contribution in [2.24, 2.45) is 5.92 Å². The maximum Gasteiger partial charge on any atom is 0.433 e. The molecule has 2 heterocycles. The summed E-state index contributed by atoms with van der Waals surface area (Å²) in [6.45, 7) is 2.38. The highest BCUT2D eigenvalue weighted by Crippen LogP contribution is 2.29. The Morgan fingerprint density at radius 3 is 2.78 bits per heavy atom. The maximum absolute atomic E-state index is 12.5. The fourth-order valence-electron chi connectivity index (χ4n) is 1.93. The minimum absolute atomic E-state index is 0.0357. The molecule has 0 bridgehead atoms. The molecule has 1 fully saturated rings. The molecule has 98 valence electrons. The van der Waals surface area contributed by atoms with E-state index in [1.54, 1.807) is 4.90 Å². The first-order valence-electron chi connectivity index (χ1n) is 5.53. The Morgan fingerprint density at radius 2 is 2.22 bits per heavy atom. The van der Waals surface area contributed by atoms with E-state index in [-0.39, 0.29) is 17.6 Å². The van der Waals surface area contributed by atoms with Crippen molar-refractivity contribution in [2.75, 3.05) is 18.0 Å². The van der Waals surface area contributed by atoms with E-state index in [0.717, 1.165) is 12.3 Å². The van der Waals surface area contributed by atoms with Gasteiger partial charge in [-0.25, -0.2) is 9.97 Å². The van der Waals surface area contributed by atoms with Crippen LogP contribution in [-0.4, -0.2) is 28.8 Å². The lowest BCUT2D eigenvalue weighted by Crippen LogP contribution is -2.24. The predicted molar refractivity (Wildman–Crippen MR) is 58.0 cm³/mol. The molecule has 0 aliphatic carbocycles. The highest BCUT2D eigenvalue weighted by atomic mass is 19.4. The van der Waals surface area contributed by atoms with Gasteiger partial charge in [-0.2, -0.15) is 13.2 Å². The normalized spacial score (nSPS) is 20.2. The Morgan fingerprint density at radius 1 is 1.50 bits per heavy atom. The van der Waals surface area contributed by atoms with E-state index < -0.39 is 11.9 Å². The molecule has 0 N–H and O–H groups in total. The van der Waals surface area contributed by atoms with Crippen LogP contribution < -0.4 is 4.90 Å². The number of hydrogen-bond acceptors (Lipinski definition) is 4. The molecule has 4 nitrogen and oxygen atoms in total. The van der Waals surface area contributed by atoms with E-state index >= 15 is 0 Å². The summed E-state index contributed by atoms with van der Waals surface area (Å²) in [5, 5.41) is 0. The van der Waals surface area contributed by atoms with Crippen LogP contribution in [0.3, 0.4) is 0 Å². The van der Waals surface area contributed by atoms with Crippen LogP contribution in [0.25, 0.3) is 0 Å². The van der Waals surface area contributed by atoms with Gasteiger partial charge in [0.2, 0.25) is 5.95 Å². The Balaban J connectivity index is 2.18. The summed E-state index contributed by atoms with van der Waals surface area (Å²) >= 11 is 0. The van der Waals surface area contributed by atoms with Crippen LogP contribution in [0.1, 0.15) is 19.0 Å². The van der Waals surface area contributed by atoms with E-state index in [0.29, 0.717) is 19.5 Å². The molecule has 2 rings (SSSR count). The first-order valence-corrected chi connectivity index (χ1v) is 5.53. The summed E-state index contributed by atoms with van der Waals surface area (Å²) < 4.78 is 37.5. The van der Waals surface area contributed by atoms with Crippen LogP contribution in [0.2, 0.25) is 0 Å². The van der Waals surface area contributed by atoms with Gasteiger partial charge in [0.25, 0.3) is 0 Å². The van der Waals surface area contributed by atoms with E-state index in [9.17, 15) is 18.0 Å². The smallest absolute Gasteiger partial charge is 0.340 e. The average Bonchev–Trinajstić information content (AvgIpc) is 2.77. The molecule has 7 heteroatoms. The third kappa shape index (κ3) is 2.60. The SMILES string of the molecule is CC(=O)[C@@H]1CCN(c2nccc(C(F)(F)F)n2)C1. The molecule has 0 radical (unpaired) electrons. The van der Waals surface area contributed by atoms with Gasteiger partial charge in [0.05, 0.1) is 0 Å². The first-order chi connectivity index (χ1) is 8.38. The van der Waals surface area contributed by atoms with Crippen LogP contribution in [0.4, 0.5) is 19.1 Å². The van der Waals surface area contributed by atoms with Gasteiger partial charge in [-0.05, 0) is 19.4 Å². The zero-order chi connectivity index (χ0) is 13.3. The molecule has 1 atom stereocenters. The topological polar surface area (TPSA) is 46.1 Å². The van der Waals surface area contributed by atoms with Gasteiger partial charge >= 0.3 is 6.18 Å². The van der Waals surface area contributed by atoms with E-state index in [2.05, 4.69) is 9.97 Å². The van der Waals surface area contributed by atoms with Crippen LogP contribution in [0.5, 0.6) is 0 Å². The Kier molecular flexibility index (Phi) is 3.23. The number of halogens is 3. The van der Waals surface area contributed by atoms with Crippen LogP contribution >= 0.6 is 0 Å². The fourth-order valence-corrected chi connectivity index (χ4v) is 1.93. The zero-order valence-electron chi connectivity index (χ0n) is 9.74. The quantitative estimate of drug-likeness (QED) is 0.814. The van der Waals surface area contributed by atoms with Gasteiger partial charge in [-0.3, -0.25) is 4.79 Å². The first kappa shape index (κ1) is 12.8. The molecule has 1 aromatic rings. The van der Waals surface area contributed by atoms with Gasteiger partial charge in [-0.1, -0.05) is 0 Å². The monoisotopic (exact) mass is 259 g/mol. The van der Waals surface area contributed by atoms with Crippen molar-refractivity contribution in [2.45, 2.75) is 19.5 Å². The Hall–Kier alpha value is -1.66. The number of anilines is 1. The van der Waals surface area contributed by atoms with Crippen molar-refractivity contribution >= 4 is 11.7 Å².